The number of pyridine rings is 1. The van der Waals surface area contributed by atoms with Crippen molar-refractivity contribution in [3.63, 3.8) is 0 Å². The fraction of sp³-hybridized carbons (Fsp3) is 0.571. The van der Waals surface area contributed by atoms with Crippen molar-refractivity contribution in [3.05, 3.63) is 22.8 Å². The molecular formula is C14H22ClN3O. The predicted octanol–water partition coefficient (Wildman–Crippen LogP) is 3.43. The highest BCUT2D eigenvalue weighted by Crippen LogP contribution is 2.20. The van der Waals surface area contributed by atoms with Crippen LogP contribution in [-0.2, 0) is 0 Å². The zero-order valence-electron chi connectivity index (χ0n) is 12.0. The third kappa shape index (κ3) is 3.83. The van der Waals surface area contributed by atoms with Gasteiger partial charge in [0.15, 0.2) is 0 Å². The predicted molar refractivity (Wildman–Crippen MR) is 79.9 cm³/mol. The van der Waals surface area contributed by atoms with Crippen LogP contribution < -0.4 is 5.32 Å². The molecule has 0 saturated carbocycles. The number of nitrogens with one attached hydrogen (secondary N) is 1. The smallest absolute Gasteiger partial charge is 0.274 e. The third-order valence-corrected chi connectivity index (χ3v) is 3.44. The Morgan fingerprint density at radius 1 is 1.42 bits per heavy atom. The fourth-order valence-corrected chi connectivity index (χ4v) is 2.07. The minimum absolute atomic E-state index is 0.110. The van der Waals surface area contributed by atoms with Gasteiger partial charge in [-0.15, -0.1) is 0 Å². The highest BCUT2D eigenvalue weighted by atomic mass is 35.5. The summed E-state index contributed by atoms with van der Waals surface area (Å²) in [6.45, 7) is 9.44. The van der Waals surface area contributed by atoms with Gasteiger partial charge in [-0.1, -0.05) is 18.5 Å². The molecule has 0 aliphatic rings. The van der Waals surface area contributed by atoms with Crippen LogP contribution in [0, 0.1) is 0 Å². The van der Waals surface area contributed by atoms with Gasteiger partial charge in [-0.25, -0.2) is 4.98 Å². The monoisotopic (exact) mass is 283 g/mol. The van der Waals surface area contributed by atoms with Gasteiger partial charge < -0.3 is 10.2 Å². The zero-order chi connectivity index (χ0) is 14.4. The molecule has 1 unspecified atom stereocenters. The molecule has 0 saturated heterocycles. The molecule has 1 heterocycles. The molecule has 19 heavy (non-hydrogen) atoms. The van der Waals surface area contributed by atoms with Gasteiger partial charge in [0.25, 0.3) is 5.91 Å². The minimum Gasteiger partial charge on any atom is -0.370 e. The summed E-state index contributed by atoms with van der Waals surface area (Å²) in [6.07, 6.45) is 0.907. The molecule has 5 heteroatoms. The molecule has 1 amide bonds. The van der Waals surface area contributed by atoms with Gasteiger partial charge in [0.2, 0.25) is 0 Å². The van der Waals surface area contributed by atoms with Gasteiger partial charge in [-0.05, 0) is 39.3 Å². The first kappa shape index (κ1) is 15.8. The van der Waals surface area contributed by atoms with E-state index in [0.717, 1.165) is 13.0 Å². The molecule has 0 fully saturated rings. The van der Waals surface area contributed by atoms with Crippen molar-refractivity contribution in [2.45, 2.75) is 40.2 Å². The third-order valence-electron chi connectivity index (χ3n) is 3.13. The van der Waals surface area contributed by atoms with E-state index in [1.807, 2.05) is 20.8 Å². The Hall–Kier alpha value is -1.29. The van der Waals surface area contributed by atoms with Crippen molar-refractivity contribution in [1.29, 1.82) is 0 Å². The van der Waals surface area contributed by atoms with Crippen molar-refractivity contribution < 1.29 is 4.79 Å². The summed E-state index contributed by atoms with van der Waals surface area (Å²) in [7, 11) is 0. The van der Waals surface area contributed by atoms with Crippen molar-refractivity contribution in [2.75, 3.05) is 18.4 Å². The number of amides is 1. The van der Waals surface area contributed by atoms with Gasteiger partial charge in [0.1, 0.15) is 11.5 Å². The number of nitrogens with zero attached hydrogens (tertiary/aromatic N) is 2. The van der Waals surface area contributed by atoms with E-state index in [1.54, 1.807) is 17.0 Å². The van der Waals surface area contributed by atoms with E-state index in [0.29, 0.717) is 23.1 Å². The second-order valence-corrected chi connectivity index (χ2v) is 4.81. The second kappa shape index (κ2) is 7.34. The molecule has 106 valence electrons. The number of carbonyl (C=O) groups excluding carboxylic acids is 1. The van der Waals surface area contributed by atoms with E-state index in [2.05, 4.69) is 17.2 Å². The molecule has 0 radical (unpaired) electrons. The topological polar surface area (TPSA) is 45.2 Å². The van der Waals surface area contributed by atoms with Crippen LogP contribution in [0.3, 0.4) is 0 Å². The lowest BCUT2D eigenvalue weighted by Gasteiger charge is -2.27. The van der Waals surface area contributed by atoms with E-state index >= 15 is 0 Å². The van der Waals surface area contributed by atoms with E-state index < -0.39 is 0 Å². The van der Waals surface area contributed by atoms with Crippen molar-refractivity contribution in [1.82, 2.24) is 9.88 Å². The average molecular weight is 284 g/mol. The number of halogens is 1. The number of rotatable bonds is 6. The minimum atomic E-state index is -0.110. The highest BCUT2D eigenvalue weighted by Gasteiger charge is 2.22. The van der Waals surface area contributed by atoms with Crippen LogP contribution in [-0.4, -0.2) is 34.9 Å². The molecule has 0 spiro atoms. The summed E-state index contributed by atoms with van der Waals surface area (Å²) in [5.41, 5.74) is 0.322. The SMILES string of the molecule is CCNc1ccc(Cl)c(C(=O)N(CC)C(C)CC)n1. The molecule has 1 N–H and O–H groups in total. The van der Waals surface area contributed by atoms with Gasteiger partial charge in [-0.2, -0.15) is 0 Å². The zero-order valence-corrected chi connectivity index (χ0v) is 12.8. The average Bonchev–Trinajstić information content (AvgIpc) is 2.41. The molecule has 0 bridgehead atoms. The highest BCUT2D eigenvalue weighted by molar-refractivity contribution is 6.33. The van der Waals surface area contributed by atoms with Crippen LogP contribution >= 0.6 is 11.6 Å². The number of aromatic nitrogens is 1. The quantitative estimate of drug-likeness (QED) is 0.870. The van der Waals surface area contributed by atoms with Crippen LogP contribution in [0.1, 0.15) is 44.6 Å². The first-order valence-electron chi connectivity index (χ1n) is 6.76. The summed E-state index contributed by atoms with van der Waals surface area (Å²) in [5, 5.41) is 3.49. The summed E-state index contributed by atoms with van der Waals surface area (Å²) in [5.74, 6) is 0.567. The molecule has 1 rings (SSSR count). The normalized spacial score (nSPS) is 12.1. The van der Waals surface area contributed by atoms with Gasteiger partial charge in [0.05, 0.1) is 5.02 Å². The first-order valence-corrected chi connectivity index (χ1v) is 7.14. The maximum Gasteiger partial charge on any atom is 0.274 e. The maximum atomic E-state index is 12.5. The number of anilines is 1. The first-order chi connectivity index (χ1) is 9.04. The van der Waals surface area contributed by atoms with E-state index in [4.69, 9.17) is 11.6 Å². The molecule has 0 aliphatic carbocycles. The Morgan fingerprint density at radius 3 is 2.63 bits per heavy atom. The Bertz CT molecular complexity index is 437. The molecule has 1 aromatic heterocycles. The van der Waals surface area contributed by atoms with Crippen molar-refractivity contribution in [3.8, 4) is 0 Å². The lowest BCUT2D eigenvalue weighted by molar-refractivity contribution is 0.0694. The summed E-state index contributed by atoms with van der Waals surface area (Å²) < 4.78 is 0. The van der Waals surface area contributed by atoms with Crippen LogP contribution in [0.15, 0.2) is 12.1 Å². The van der Waals surface area contributed by atoms with E-state index in [9.17, 15) is 4.79 Å². The van der Waals surface area contributed by atoms with Gasteiger partial charge >= 0.3 is 0 Å². The van der Waals surface area contributed by atoms with Crippen LogP contribution in [0.2, 0.25) is 5.02 Å². The molecule has 1 aromatic rings. The lowest BCUT2D eigenvalue weighted by atomic mass is 10.2. The number of carbonyl (C=O) groups is 1. The number of hydrogen-bond donors (Lipinski definition) is 1. The molecular weight excluding hydrogens is 262 g/mol. The second-order valence-electron chi connectivity index (χ2n) is 4.41. The van der Waals surface area contributed by atoms with Gasteiger partial charge in [-0.3, -0.25) is 4.79 Å². The Balaban J connectivity index is 3.06. The summed E-state index contributed by atoms with van der Waals surface area (Å²) >= 11 is 6.10. The van der Waals surface area contributed by atoms with Gasteiger partial charge in [0, 0.05) is 19.1 Å². The fourth-order valence-electron chi connectivity index (χ4n) is 1.88. The summed E-state index contributed by atoms with van der Waals surface area (Å²) in [6, 6.07) is 3.67. The Kier molecular flexibility index (Phi) is 6.09. The lowest BCUT2D eigenvalue weighted by Crippen LogP contribution is -2.38. The largest absolute Gasteiger partial charge is 0.370 e. The van der Waals surface area contributed by atoms with Crippen LogP contribution in [0.5, 0.6) is 0 Å². The van der Waals surface area contributed by atoms with E-state index in [1.165, 1.54) is 0 Å². The Labute approximate surface area is 120 Å². The van der Waals surface area contributed by atoms with Crippen molar-refractivity contribution >= 4 is 23.3 Å². The molecule has 0 aliphatic heterocycles. The molecule has 0 aromatic carbocycles. The Morgan fingerprint density at radius 2 is 2.11 bits per heavy atom. The van der Waals surface area contributed by atoms with Crippen LogP contribution in [0.4, 0.5) is 5.82 Å². The van der Waals surface area contributed by atoms with E-state index in [-0.39, 0.29) is 11.9 Å². The molecule has 1 atom stereocenters. The molecule has 4 nitrogen and oxygen atoms in total. The van der Waals surface area contributed by atoms with Crippen LogP contribution in [0.25, 0.3) is 0 Å². The summed E-state index contributed by atoms with van der Waals surface area (Å²) in [4.78, 5) is 18.6. The number of hydrogen-bond acceptors (Lipinski definition) is 3. The van der Waals surface area contributed by atoms with Crippen molar-refractivity contribution in [2.24, 2.45) is 0 Å². The maximum absolute atomic E-state index is 12.5. The standard InChI is InChI=1S/C14H22ClN3O/c1-5-10(4)18(7-3)14(19)13-11(15)8-9-12(17-13)16-6-2/h8-10H,5-7H2,1-4H3,(H,16,17).